The lowest BCUT2D eigenvalue weighted by Gasteiger charge is -1.99. The summed E-state index contributed by atoms with van der Waals surface area (Å²) in [5.74, 6) is 0.619. The Hall–Kier alpha value is -0.970. The summed E-state index contributed by atoms with van der Waals surface area (Å²) in [6.45, 7) is 1.75. The molecule has 0 saturated carbocycles. The standard InChI is InChI=1S/C7H6BrN3O/c1-3-10-5-4(8)2-9-6(5)7(12)11-3/h2,4H,1H3,(H,10,11,12). The fourth-order valence-corrected chi connectivity index (χ4v) is 1.57. The van der Waals surface area contributed by atoms with E-state index in [1.807, 2.05) is 0 Å². The van der Waals surface area contributed by atoms with Crippen LogP contribution in [-0.2, 0) is 0 Å². The number of rotatable bonds is 0. The van der Waals surface area contributed by atoms with Crippen molar-refractivity contribution in [2.45, 2.75) is 11.8 Å². The number of alkyl halides is 1. The minimum absolute atomic E-state index is 0.0199. The second-order valence-electron chi connectivity index (χ2n) is 2.57. The number of H-pyrrole nitrogens is 1. The van der Waals surface area contributed by atoms with Gasteiger partial charge in [0.15, 0.2) is 5.69 Å². The summed E-state index contributed by atoms with van der Waals surface area (Å²) in [4.78, 5) is 21.9. The van der Waals surface area contributed by atoms with E-state index < -0.39 is 0 Å². The Morgan fingerprint density at radius 1 is 1.67 bits per heavy atom. The number of hydrogen-bond acceptors (Lipinski definition) is 3. The Bertz CT molecular complexity index is 410. The number of nitrogens with zero attached hydrogens (tertiary/aromatic N) is 2. The van der Waals surface area contributed by atoms with Gasteiger partial charge in [-0.15, -0.1) is 0 Å². The molecule has 0 aromatic carbocycles. The van der Waals surface area contributed by atoms with Crippen molar-refractivity contribution in [3.05, 3.63) is 21.9 Å². The molecule has 4 nitrogen and oxygen atoms in total. The molecule has 2 heterocycles. The van der Waals surface area contributed by atoms with Crippen molar-refractivity contribution in [1.29, 1.82) is 0 Å². The van der Waals surface area contributed by atoms with Crippen LogP contribution >= 0.6 is 15.9 Å². The zero-order valence-electron chi connectivity index (χ0n) is 6.34. The molecule has 0 saturated heterocycles. The number of fused-ring (bicyclic) bond motifs is 1. The van der Waals surface area contributed by atoms with Crippen molar-refractivity contribution in [2.24, 2.45) is 4.99 Å². The van der Waals surface area contributed by atoms with Gasteiger partial charge in [0.25, 0.3) is 5.56 Å². The van der Waals surface area contributed by atoms with Crippen LogP contribution in [0.25, 0.3) is 0 Å². The van der Waals surface area contributed by atoms with Gasteiger partial charge in [-0.25, -0.2) is 4.98 Å². The second kappa shape index (κ2) is 2.52. The largest absolute Gasteiger partial charge is 0.309 e. The summed E-state index contributed by atoms with van der Waals surface area (Å²) in [6, 6.07) is 0. The van der Waals surface area contributed by atoms with Crippen LogP contribution < -0.4 is 5.56 Å². The summed E-state index contributed by atoms with van der Waals surface area (Å²) in [5, 5.41) is 0. The molecule has 0 fully saturated rings. The highest BCUT2D eigenvalue weighted by Gasteiger charge is 2.20. The number of aromatic nitrogens is 2. The Kier molecular flexibility index (Phi) is 1.61. The van der Waals surface area contributed by atoms with Crippen molar-refractivity contribution in [3.63, 3.8) is 0 Å². The van der Waals surface area contributed by atoms with Gasteiger partial charge in [-0.3, -0.25) is 9.79 Å². The number of halogens is 1. The summed E-state index contributed by atoms with van der Waals surface area (Å²) in [5.41, 5.74) is 0.953. The van der Waals surface area contributed by atoms with E-state index in [9.17, 15) is 4.79 Å². The van der Waals surface area contributed by atoms with Gasteiger partial charge in [0.2, 0.25) is 0 Å². The maximum absolute atomic E-state index is 11.2. The van der Waals surface area contributed by atoms with Crippen LogP contribution in [0, 0.1) is 6.92 Å². The molecule has 1 N–H and O–H groups in total. The van der Waals surface area contributed by atoms with Gasteiger partial charge < -0.3 is 4.98 Å². The zero-order chi connectivity index (χ0) is 8.72. The highest BCUT2D eigenvalue weighted by Crippen LogP contribution is 2.30. The Labute approximate surface area is 76.9 Å². The lowest BCUT2D eigenvalue weighted by Crippen LogP contribution is -2.10. The van der Waals surface area contributed by atoms with E-state index in [2.05, 4.69) is 30.9 Å². The molecule has 0 spiro atoms. The third kappa shape index (κ3) is 1.01. The van der Waals surface area contributed by atoms with Gasteiger partial charge in [-0.05, 0) is 6.92 Å². The lowest BCUT2D eigenvalue weighted by atomic mass is 10.3. The normalized spacial score (nSPS) is 19.7. The molecular weight excluding hydrogens is 222 g/mol. The topological polar surface area (TPSA) is 58.1 Å². The molecule has 0 amide bonds. The molecule has 1 atom stereocenters. The number of hydrogen-bond donors (Lipinski definition) is 1. The van der Waals surface area contributed by atoms with Crippen LogP contribution in [0.3, 0.4) is 0 Å². The number of aliphatic imine (C=N–C) groups is 1. The number of aromatic amines is 1. The first kappa shape index (κ1) is 7.67. The predicted octanol–water partition coefficient (Wildman–Crippen LogP) is 1.23. The van der Waals surface area contributed by atoms with Crippen molar-refractivity contribution < 1.29 is 0 Å². The molecule has 62 valence electrons. The maximum atomic E-state index is 11.2. The lowest BCUT2D eigenvalue weighted by molar-refractivity contribution is 0.978. The number of aryl methyl sites for hydroxylation is 1. The van der Waals surface area contributed by atoms with Crippen LogP contribution in [0.2, 0.25) is 0 Å². The first-order valence-electron chi connectivity index (χ1n) is 3.47. The molecule has 0 radical (unpaired) electrons. The van der Waals surface area contributed by atoms with Crippen LogP contribution in [-0.4, -0.2) is 16.2 Å². The average molecular weight is 228 g/mol. The highest BCUT2D eigenvalue weighted by atomic mass is 79.9. The van der Waals surface area contributed by atoms with E-state index in [0.717, 1.165) is 0 Å². The van der Waals surface area contributed by atoms with E-state index in [4.69, 9.17) is 0 Å². The molecule has 1 unspecified atom stereocenters. The number of nitrogens with one attached hydrogen (secondary N) is 1. The quantitative estimate of drug-likeness (QED) is 0.679. The molecule has 1 aliphatic heterocycles. The molecule has 2 rings (SSSR count). The van der Waals surface area contributed by atoms with Crippen LogP contribution in [0.15, 0.2) is 9.79 Å². The molecular formula is C7H6BrN3O. The van der Waals surface area contributed by atoms with Crippen molar-refractivity contribution in [1.82, 2.24) is 9.97 Å². The van der Waals surface area contributed by atoms with E-state index in [-0.39, 0.29) is 10.4 Å². The fourth-order valence-electron chi connectivity index (χ4n) is 1.13. The van der Waals surface area contributed by atoms with E-state index >= 15 is 0 Å². The van der Waals surface area contributed by atoms with Crippen LogP contribution in [0.4, 0.5) is 5.69 Å². The van der Waals surface area contributed by atoms with Crippen LogP contribution in [0.5, 0.6) is 0 Å². The van der Waals surface area contributed by atoms with E-state index in [1.165, 1.54) is 0 Å². The van der Waals surface area contributed by atoms with Crippen LogP contribution in [0.1, 0.15) is 16.3 Å². The molecule has 1 aromatic rings. The van der Waals surface area contributed by atoms with E-state index in [0.29, 0.717) is 17.2 Å². The molecule has 1 aromatic heterocycles. The van der Waals surface area contributed by atoms with Crippen molar-refractivity contribution in [2.75, 3.05) is 0 Å². The zero-order valence-corrected chi connectivity index (χ0v) is 7.92. The fraction of sp³-hybridized carbons (Fsp3) is 0.286. The summed E-state index contributed by atoms with van der Waals surface area (Å²) in [6.07, 6.45) is 1.66. The Balaban J connectivity index is 2.75. The van der Waals surface area contributed by atoms with Gasteiger partial charge in [-0.2, -0.15) is 0 Å². The van der Waals surface area contributed by atoms with Crippen molar-refractivity contribution >= 4 is 27.8 Å². The smallest absolute Gasteiger partial charge is 0.277 e. The van der Waals surface area contributed by atoms with Gasteiger partial charge in [0, 0.05) is 6.21 Å². The first-order chi connectivity index (χ1) is 5.68. The summed E-state index contributed by atoms with van der Waals surface area (Å²) in [7, 11) is 0. The molecule has 12 heavy (non-hydrogen) atoms. The molecule has 5 heteroatoms. The minimum atomic E-state index is -0.171. The molecule has 0 aliphatic carbocycles. The SMILES string of the molecule is Cc1nc2c(c(=O)[nH]1)N=CC2Br. The second-order valence-corrected chi connectivity index (χ2v) is 3.55. The molecule has 1 aliphatic rings. The summed E-state index contributed by atoms with van der Waals surface area (Å²) < 4.78 is 0. The first-order valence-corrected chi connectivity index (χ1v) is 4.39. The Morgan fingerprint density at radius 3 is 3.17 bits per heavy atom. The van der Waals surface area contributed by atoms with Gasteiger partial charge >= 0.3 is 0 Å². The third-order valence-corrected chi connectivity index (χ3v) is 2.31. The van der Waals surface area contributed by atoms with Gasteiger partial charge in [-0.1, -0.05) is 15.9 Å². The summed E-state index contributed by atoms with van der Waals surface area (Å²) >= 11 is 3.34. The monoisotopic (exact) mass is 227 g/mol. The van der Waals surface area contributed by atoms with Crippen molar-refractivity contribution in [3.8, 4) is 0 Å². The third-order valence-electron chi connectivity index (χ3n) is 1.64. The van der Waals surface area contributed by atoms with Gasteiger partial charge in [0.05, 0.1) is 10.5 Å². The van der Waals surface area contributed by atoms with E-state index in [1.54, 1.807) is 13.1 Å². The van der Waals surface area contributed by atoms with Gasteiger partial charge in [0.1, 0.15) is 5.82 Å². The maximum Gasteiger partial charge on any atom is 0.277 e. The Morgan fingerprint density at radius 2 is 2.42 bits per heavy atom. The highest BCUT2D eigenvalue weighted by molar-refractivity contribution is 9.09. The predicted molar refractivity (Wildman–Crippen MR) is 49.4 cm³/mol. The molecule has 0 bridgehead atoms. The minimum Gasteiger partial charge on any atom is -0.309 e. The average Bonchev–Trinajstić information content (AvgIpc) is 2.33.